The molecule has 1 aliphatic rings. The normalized spacial score (nSPS) is 18.1. The second-order valence-corrected chi connectivity index (χ2v) is 4.56. The van der Waals surface area contributed by atoms with E-state index in [-0.39, 0.29) is 11.5 Å². The molecule has 0 saturated carbocycles. The molecule has 0 aliphatic heterocycles. The molecule has 0 saturated heterocycles. The van der Waals surface area contributed by atoms with Crippen LogP contribution in [0.3, 0.4) is 0 Å². The van der Waals surface area contributed by atoms with Gasteiger partial charge in [0.05, 0.1) is 0 Å². The van der Waals surface area contributed by atoms with Gasteiger partial charge in [-0.15, -0.1) is 0 Å². The van der Waals surface area contributed by atoms with Crippen LogP contribution in [0.15, 0.2) is 35.1 Å². The summed E-state index contributed by atoms with van der Waals surface area (Å²) in [6.07, 6.45) is 2.10. The molecular weight excluding hydrogens is 212 g/mol. The Hall–Kier alpha value is -1.90. The van der Waals surface area contributed by atoms with Gasteiger partial charge in [-0.3, -0.25) is 4.79 Å². The maximum absolute atomic E-state index is 11.5. The maximum atomic E-state index is 11.5. The van der Waals surface area contributed by atoms with Crippen LogP contribution in [0.1, 0.15) is 35.0 Å². The highest BCUT2D eigenvalue weighted by molar-refractivity contribution is 5.38. The first-order valence-electron chi connectivity index (χ1n) is 5.90. The Morgan fingerprint density at radius 2 is 2.18 bits per heavy atom. The van der Waals surface area contributed by atoms with Crippen LogP contribution < -0.4 is 5.56 Å². The van der Waals surface area contributed by atoms with Crippen LogP contribution in [0, 0.1) is 6.92 Å². The molecule has 3 nitrogen and oxygen atoms in total. The van der Waals surface area contributed by atoms with Crippen LogP contribution >= 0.6 is 0 Å². The highest BCUT2D eigenvalue weighted by Gasteiger charge is 2.25. The molecule has 0 fully saturated rings. The average molecular weight is 226 g/mol. The first-order valence-corrected chi connectivity index (χ1v) is 5.90. The Kier molecular flexibility index (Phi) is 2.32. The Balaban J connectivity index is 2.10. The zero-order chi connectivity index (χ0) is 11.8. The lowest BCUT2D eigenvalue weighted by Gasteiger charge is -2.10. The molecule has 2 aromatic rings. The van der Waals surface area contributed by atoms with E-state index in [4.69, 9.17) is 0 Å². The third kappa shape index (κ3) is 1.78. The molecule has 1 aliphatic carbocycles. The number of aryl methyl sites for hydroxylation is 2. The fraction of sp³-hybridized carbons (Fsp3) is 0.286. The number of hydrogen-bond donors (Lipinski definition) is 1. The van der Waals surface area contributed by atoms with E-state index in [1.165, 1.54) is 17.2 Å². The molecule has 3 rings (SSSR count). The van der Waals surface area contributed by atoms with Crippen molar-refractivity contribution in [2.75, 3.05) is 0 Å². The minimum atomic E-state index is -0.0584. The van der Waals surface area contributed by atoms with E-state index in [9.17, 15) is 4.79 Å². The van der Waals surface area contributed by atoms with Crippen molar-refractivity contribution in [3.8, 4) is 0 Å². The van der Waals surface area contributed by atoms with Crippen molar-refractivity contribution in [2.24, 2.45) is 0 Å². The third-order valence-corrected chi connectivity index (χ3v) is 3.35. The van der Waals surface area contributed by atoms with Gasteiger partial charge in [0.2, 0.25) is 0 Å². The fourth-order valence-electron chi connectivity index (χ4n) is 2.61. The highest BCUT2D eigenvalue weighted by atomic mass is 16.1. The lowest BCUT2D eigenvalue weighted by atomic mass is 10.0. The number of nitrogens with zero attached hydrogens (tertiary/aromatic N) is 1. The van der Waals surface area contributed by atoms with Gasteiger partial charge in [-0.1, -0.05) is 24.3 Å². The Morgan fingerprint density at radius 3 is 3.00 bits per heavy atom. The summed E-state index contributed by atoms with van der Waals surface area (Å²) in [6.45, 7) is 1.86. The Morgan fingerprint density at radius 1 is 1.35 bits per heavy atom. The molecule has 1 unspecified atom stereocenters. The van der Waals surface area contributed by atoms with Gasteiger partial charge in [0.15, 0.2) is 0 Å². The number of benzene rings is 1. The van der Waals surface area contributed by atoms with Crippen LogP contribution in [-0.2, 0) is 6.42 Å². The van der Waals surface area contributed by atoms with Crippen LogP contribution in [0.4, 0.5) is 0 Å². The van der Waals surface area contributed by atoms with Crippen molar-refractivity contribution in [3.05, 3.63) is 63.3 Å². The monoisotopic (exact) mass is 226 g/mol. The van der Waals surface area contributed by atoms with E-state index in [1.807, 2.05) is 13.0 Å². The number of aromatic nitrogens is 2. The van der Waals surface area contributed by atoms with Crippen molar-refractivity contribution >= 4 is 0 Å². The quantitative estimate of drug-likeness (QED) is 0.809. The Bertz CT molecular complexity index is 616. The number of aromatic amines is 1. The van der Waals surface area contributed by atoms with E-state index in [1.54, 1.807) is 0 Å². The molecule has 17 heavy (non-hydrogen) atoms. The smallest absolute Gasteiger partial charge is 0.251 e. The largest absolute Gasteiger partial charge is 0.310 e. The zero-order valence-electron chi connectivity index (χ0n) is 9.73. The number of H-pyrrole nitrogens is 1. The van der Waals surface area contributed by atoms with Crippen LogP contribution in [0.2, 0.25) is 0 Å². The number of hydrogen-bond acceptors (Lipinski definition) is 2. The zero-order valence-corrected chi connectivity index (χ0v) is 9.73. The molecule has 0 radical (unpaired) electrons. The standard InChI is InChI=1S/C14H14N2O/c1-9-8-13(17)16-14(15-9)12-7-6-10-4-2-3-5-11(10)12/h2-5,8,12H,6-7H2,1H3,(H,15,16,17). The summed E-state index contributed by atoms with van der Waals surface area (Å²) in [4.78, 5) is 18.8. The minimum Gasteiger partial charge on any atom is -0.310 e. The second-order valence-electron chi connectivity index (χ2n) is 4.56. The van der Waals surface area contributed by atoms with Crippen LogP contribution in [-0.4, -0.2) is 9.97 Å². The lowest BCUT2D eigenvalue weighted by Crippen LogP contribution is -2.14. The molecule has 1 N–H and O–H groups in total. The van der Waals surface area contributed by atoms with Crippen molar-refractivity contribution in [1.82, 2.24) is 9.97 Å². The van der Waals surface area contributed by atoms with Gasteiger partial charge < -0.3 is 4.98 Å². The summed E-state index contributed by atoms with van der Waals surface area (Å²) in [7, 11) is 0. The highest BCUT2D eigenvalue weighted by Crippen LogP contribution is 2.35. The molecule has 1 aromatic heterocycles. The summed E-state index contributed by atoms with van der Waals surface area (Å²) in [5, 5.41) is 0. The maximum Gasteiger partial charge on any atom is 0.251 e. The molecule has 1 aromatic carbocycles. The fourth-order valence-corrected chi connectivity index (χ4v) is 2.61. The van der Waals surface area contributed by atoms with Gasteiger partial charge >= 0.3 is 0 Å². The predicted octanol–water partition coefficient (Wildman–Crippen LogP) is 2.16. The van der Waals surface area contributed by atoms with E-state index in [0.29, 0.717) is 0 Å². The molecular formula is C14H14N2O. The van der Waals surface area contributed by atoms with Gasteiger partial charge in [-0.2, -0.15) is 0 Å². The van der Waals surface area contributed by atoms with Gasteiger partial charge in [0.25, 0.3) is 5.56 Å². The van der Waals surface area contributed by atoms with E-state index < -0.39 is 0 Å². The Labute approximate surface area is 99.5 Å². The molecule has 86 valence electrons. The van der Waals surface area contributed by atoms with Gasteiger partial charge in [-0.25, -0.2) is 4.98 Å². The summed E-state index contributed by atoms with van der Waals surface area (Å²) in [5.41, 5.74) is 3.41. The van der Waals surface area contributed by atoms with Crippen molar-refractivity contribution in [3.63, 3.8) is 0 Å². The van der Waals surface area contributed by atoms with E-state index in [0.717, 1.165) is 24.4 Å². The SMILES string of the molecule is Cc1cc(=O)[nH]c(C2CCc3ccccc32)n1. The van der Waals surface area contributed by atoms with Gasteiger partial charge in [-0.05, 0) is 30.9 Å². The van der Waals surface area contributed by atoms with Crippen LogP contribution in [0.5, 0.6) is 0 Å². The first-order chi connectivity index (χ1) is 8.24. The molecule has 1 atom stereocenters. The summed E-state index contributed by atoms with van der Waals surface area (Å²) in [5.74, 6) is 1.05. The minimum absolute atomic E-state index is 0.0584. The molecule has 3 heteroatoms. The number of fused-ring (bicyclic) bond motifs is 1. The average Bonchev–Trinajstić information content (AvgIpc) is 2.71. The first kappa shape index (κ1) is 10.3. The number of rotatable bonds is 1. The molecule has 0 spiro atoms. The van der Waals surface area contributed by atoms with Gasteiger partial charge in [0, 0.05) is 17.7 Å². The topological polar surface area (TPSA) is 45.8 Å². The molecule has 0 amide bonds. The van der Waals surface area contributed by atoms with E-state index >= 15 is 0 Å². The van der Waals surface area contributed by atoms with Crippen molar-refractivity contribution in [2.45, 2.75) is 25.7 Å². The second kappa shape index (κ2) is 3.84. The molecule has 0 bridgehead atoms. The number of nitrogens with one attached hydrogen (secondary N) is 1. The predicted molar refractivity (Wildman–Crippen MR) is 66.2 cm³/mol. The van der Waals surface area contributed by atoms with Gasteiger partial charge in [0.1, 0.15) is 5.82 Å². The summed E-state index contributed by atoms with van der Waals surface area (Å²) in [6, 6.07) is 9.93. The van der Waals surface area contributed by atoms with Crippen LogP contribution in [0.25, 0.3) is 0 Å². The van der Waals surface area contributed by atoms with Crippen molar-refractivity contribution in [1.29, 1.82) is 0 Å². The summed E-state index contributed by atoms with van der Waals surface area (Å²) < 4.78 is 0. The molecule has 1 heterocycles. The van der Waals surface area contributed by atoms with Crippen molar-refractivity contribution < 1.29 is 0 Å². The summed E-state index contributed by atoms with van der Waals surface area (Å²) >= 11 is 0. The van der Waals surface area contributed by atoms with E-state index in [2.05, 4.69) is 28.2 Å². The third-order valence-electron chi connectivity index (χ3n) is 3.35. The lowest BCUT2D eigenvalue weighted by molar-refractivity contribution is 0.718.